The maximum absolute atomic E-state index is 15.1. The molecule has 0 saturated heterocycles. The Morgan fingerprint density at radius 3 is 2.40 bits per heavy atom. The van der Waals surface area contributed by atoms with Gasteiger partial charge in [0, 0.05) is 18.5 Å². The van der Waals surface area contributed by atoms with E-state index < -0.39 is 50.2 Å². The van der Waals surface area contributed by atoms with E-state index in [-0.39, 0.29) is 64.3 Å². The fraction of sp³-hybridized carbons (Fsp3) is 0.360. The molecule has 3 heterocycles. The molecule has 0 spiro atoms. The highest BCUT2D eigenvalue weighted by Crippen LogP contribution is 2.41. The van der Waals surface area contributed by atoms with Gasteiger partial charge in [0.15, 0.2) is 34.5 Å². The van der Waals surface area contributed by atoms with Gasteiger partial charge in [-0.3, -0.25) is 14.2 Å². The lowest BCUT2D eigenvalue weighted by atomic mass is 10.1. The molecule has 0 atom stereocenters. The number of carbonyl (C=O) groups excluding carboxylic acids is 1. The molecule has 1 amide bonds. The van der Waals surface area contributed by atoms with Crippen molar-refractivity contribution in [3.63, 3.8) is 0 Å². The number of anilines is 1. The van der Waals surface area contributed by atoms with E-state index in [1.54, 1.807) is 0 Å². The van der Waals surface area contributed by atoms with E-state index in [9.17, 15) is 19.1 Å². The number of methoxy groups -OCH3 is 3. The van der Waals surface area contributed by atoms with Crippen LogP contribution in [0, 0.1) is 5.82 Å². The van der Waals surface area contributed by atoms with E-state index in [0.717, 1.165) is 0 Å². The number of carbonyl (C=O) groups is 1. The maximum atomic E-state index is 15.1. The predicted octanol–water partition coefficient (Wildman–Crippen LogP) is 2.79. The summed E-state index contributed by atoms with van der Waals surface area (Å²) in [5.74, 6) is -3.02. The van der Waals surface area contributed by atoms with E-state index in [2.05, 4.69) is 19.5 Å². The van der Waals surface area contributed by atoms with Gasteiger partial charge in [-0.1, -0.05) is 0 Å². The number of ether oxygens (including phenoxy) is 4. The highest BCUT2D eigenvalue weighted by Gasteiger charge is 2.42. The first-order chi connectivity index (χ1) is 20.8. The molecule has 0 bridgehead atoms. The summed E-state index contributed by atoms with van der Waals surface area (Å²) in [4.78, 5) is 44.2. The highest BCUT2D eigenvalue weighted by molar-refractivity contribution is 7.46. The Kier molecular flexibility index (Phi) is 6.50. The first-order valence-electron chi connectivity index (χ1n) is 13.9. The van der Waals surface area contributed by atoms with E-state index in [0.29, 0.717) is 4.90 Å². The Balaban J connectivity index is 1.77. The van der Waals surface area contributed by atoms with Crippen molar-refractivity contribution in [1.29, 1.82) is 0 Å². The molecule has 2 aromatic heterocycles. The number of amides is 1. The normalized spacial score (nSPS) is 16.6. The third-order valence-electron chi connectivity index (χ3n) is 5.48. The van der Waals surface area contributed by atoms with E-state index in [1.165, 1.54) is 47.3 Å². The van der Waals surface area contributed by atoms with Gasteiger partial charge >= 0.3 is 7.82 Å². The van der Waals surface area contributed by atoms with Gasteiger partial charge in [-0.15, -0.1) is 0 Å². The average Bonchev–Trinajstić information content (AvgIpc) is 2.92. The molecule has 0 radical (unpaired) electrons. The van der Waals surface area contributed by atoms with Crippen LogP contribution in [0.5, 0.6) is 23.0 Å². The van der Waals surface area contributed by atoms with Gasteiger partial charge in [0.05, 0.1) is 40.1 Å². The number of benzene rings is 1. The SMILES string of the molecule is [2H]c1nc(Cc2c([2H])c(OC)c(OC)c(OC)c2[2H])nc(Cc2ccc3c(n2)N(C([2H])([2H])OP(=O)(O)O)C(=O)C(C)(C)O3)c1F. The molecule has 0 aliphatic carbocycles. The molecular weight excluding hydrogens is 550 g/mol. The summed E-state index contributed by atoms with van der Waals surface area (Å²) in [6.45, 7) is -0.778. The molecule has 214 valence electrons. The molecule has 1 aliphatic heterocycles. The number of phosphoric ester groups is 1. The third kappa shape index (κ3) is 6.31. The molecule has 13 nitrogen and oxygen atoms in total. The number of phosphoric acid groups is 1. The molecule has 1 aliphatic rings. The number of halogens is 1. The van der Waals surface area contributed by atoms with Gasteiger partial charge in [-0.25, -0.2) is 23.9 Å². The summed E-state index contributed by atoms with van der Waals surface area (Å²) in [6, 6.07) is 2.17. The molecule has 0 unspecified atom stereocenters. The van der Waals surface area contributed by atoms with Crippen LogP contribution in [0.4, 0.5) is 10.2 Å². The Labute approximate surface area is 236 Å². The van der Waals surface area contributed by atoms with Crippen LogP contribution < -0.4 is 23.8 Å². The maximum Gasteiger partial charge on any atom is 0.471 e. The summed E-state index contributed by atoms with van der Waals surface area (Å²) in [6.07, 6.45) is -1.53. The summed E-state index contributed by atoms with van der Waals surface area (Å²) >= 11 is 0. The van der Waals surface area contributed by atoms with Crippen LogP contribution in [-0.4, -0.2) is 64.3 Å². The Bertz CT molecular complexity index is 1700. The van der Waals surface area contributed by atoms with Crippen LogP contribution in [0.25, 0.3) is 0 Å². The molecular formula is C25H28FN4O9P. The van der Waals surface area contributed by atoms with Crippen LogP contribution in [-0.2, 0) is 26.7 Å². The Hall–Kier alpha value is -3.84. The monoisotopic (exact) mass is 583 g/mol. The topological polar surface area (TPSA) is 163 Å². The van der Waals surface area contributed by atoms with Crippen LogP contribution in [0.3, 0.4) is 0 Å². The van der Waals surface area contributed by atoms with Crippen LogP contribution in [0.15, 0.2) is 30.4 Å². The number of rotatable bonds is 10. The van der Waals surface area contributed by atoms with Crippen molar-refractivity contribution in [1.82, 2.24) is 15.0 Å². The summed E-state index contributed by atoms with van der Waals surface area (Å²) < 4.78 is 93.7. The second-order valence-corrected chi connectivity index (χ2v) is 9.91. The lowest BCUT2D eigenvalue weighted by Gasteiger charge is -2.37. The number of fused-ring (bicyclic) bond motifs is 1. The fourth-order valence-electron chi connectivity index (χ4n) is 3.69. The number of aromatic nitrogens is 3. The van der Waals surface area contributed by atoms with Gasteiger partial charge in [0.1, 0.15) is 12.5 Å². The van der Waals surface area contributed by atoms with Gasteiger partial charge in [0.2, 0.25) is 5.75 Å². The first kappa shape index (κ1) is 22.9. The zero-order valence-corrected chi connectivity index (χ0v) is 22.8. The van der Waals surface area contributed by atoms with Gasteiger partial charge in [-0.05, 0) is 43.6 Å². The van der Waals surface area contributed by atoms with Crippen LogP contribution in [0.1, 0.15) is 43.5 Å². The lowest BCUT2D eigenvalue weighted by Crippen LogP contribution is -2.53. The van der Waals surface area contributed by atoms with E-state index >= 15 is 4.39 Å². The smallest absolute Gasteiger partial charge is 0.471 e. The molecule has 1 aromatic carbocycles. The summed E-state index contributed by atoms with van der Waals surface area (Å²) in [7, 11) is -1.53. The summed E-state index contributed by atoms with van der Waals surface area (Å²) in [5.41, 5.74) is -2.00. The molecule has 40 heavy (non-hydrogen) atoms. The minimum Gasteiger partial charge on any atom is -0.493 e. The number of hydrogen-bond donors (Lipinski definition) is 2. The Morgan fingerprint density at radius 1 is 1.12 bits per heavy atom. The van der Waals surface area contributed by atoms with Crippen molar-refractivity contribution < 1.29 is 53.9 Å². The van der Waals surface area contributed by atoms with Crippen LogP contribution in [0.2, 0.25) is 0 Å². The minimum atomic E-state index is -5.44. The number of hydrogen-bond acceptors (Lipinski definition) is 10. The fourth-order valence-corrected chi connectivity index (χ4v) is 3.88. The molecule has 0 fully saturated rings. The van der Waals surface area contributed by atoms with E-state index in [4.69, 9.17) is 25.8 Å². The zero-order valence-electron chi connectivity index (χ0n) is 26.9. The summed E-state index contributed by atoms with van der Waals surface area (Å²) in [5, 5.41) is 0. The standard InChI is InChI=1S/C25H28FN4O9P/c1-25(2)24(31)30(13-38-40(32,33)34)23-18(39-25)7-6-15(28-23)11-17-16(26)12-27-21(29-17)10-14-8-19(35-3)22(37-5)20(9-14)36-4/h6-9,12H,10-11,13H2,1-5H3,(H2,32,33,34)/i8D,9D,12D,13D2. The van der Waals surface area contributed by atoms with Crippen molar-refractivity contribution in [2.45, 2.75) is 32.3 Å². The zero-order chi connectivity index (χ0) is 33.6. The van der Waals surface area contributed by atoms with Gasteiger partial charge in [-0.2, -0.15) is 0 Å². The van der Waals surface area contributed by atoms with Crippen LogP contribution >= 0.6 is 7.82 Å². The average molecular weight is 584 g/mol. The lowest BCUT2D eigenvalue weighted by molar-refractivity contribution is -0.133. The van der Waals surface area contributed by atoms with Crippen molar-refractivity contribution in [3.8, 4) is 23.0 Å². The Morgan fingerprint density at radius 2 is 1.80 bits per heavy atom. The molecule has 2 N–H and O–H groups in total. The second kappa shape index (κ2) is 11.3. The largest absolute Gasteiger partial charge is 0.493 e. The van der Waals surface area contributed by atoms with Crippen molar-refractivity contribution in [3.05, 3.63) is 59.0 Å². The number of nitrogens with zero attached hydrogens (tertiary/aromatic N) is 4. The first-order valence-corrected chi connectivity index (χ1v) is 13.0. The number of pyridine rings is 1. The second-order valence-electron chi connectivity index (χ2n) is 8.74. The highest BCUT2D eigenvalue weighted by atomic mass is 31.2. The molecule has 4 rings (SSSR count). The van der Waals surface area contributed by atoms with Crippen molar-refractivity contribution in [2.75, 3.05) is 32.9 Å². The molecule has 3 aromatic rings. The van der Waals surface area contributed by atoms with Gasteiger partial charge < -0.3 is 28.7 Å². The quantitative estimate of drug-likeness (QED) is 0.336. The van der Waals surface area contributed by atoms with Crippen molar-refractivity contribution in [2.24, 2.45) is 0 Å². The third-order valence-corrected chi connectivity index (χ3v) is 5.80. The van der Waals surface area contributed by atoms with Crippen molar-refractivity contribution >= 4 is 19.5 Å². The molecule has 0 saturated carbocycles. The van der Waals surface area contributed by atoms with Gasteiger partial charge in [0.25, 0.3) is 5.91 Å². The predicted molar refractivity (Wildman–Crippen MR) is 138 cm³/mol. The molecule has 15 heteroatoms. The minimum absolute atomic E-state index is 0.0140. The van der Waals surface area contributed by atoms with E-state index in [1.807, 2.05) is 0 Å².